The smallest absolute Gasteiger partial charge is 0.146 e. The van der Waals surface area contributed by atoms with Crippen LogP contribution in [0.3, 0.4) is 0 Å². The summed E-state index contributed by atoms with van der Waals surface area (Å²) in [6.07, 6.45) is 6.10. The van der Waals surface area contributed by atoms with Gasteiger partial charge in [0.25, 0.3) is 0 Å². The van der Waals surface area contributed by atoms with E-state index in [2.05, 4.69) is 67.1 Å². The predicted octanol–water partition coefficient (Wildman–Crippen LogP) is 6.88. The molecule has 0 saturated heterocycles. The van der Waals surface area contributed by atoms with E-state index in [0.717, 1.165) is 46.1 Å². The van der Waals surface area contributed by atoms with E-state index in [4.69, 9.17) is 9.47 Å². The molecule has 2 aromatic carbocycles. The molecule has 0 radical (unpaired) electrons. The second kappa shape index (κ2) is 8.42. The highest BCUT2D eigenvalue weighted by Crippen LogP contribution is 2.44. The molecule has 0 amide bonds. The average Bonchev–Trinajstić information content (AvgIpc) is 3.54. The number of rotatable bonds is 7. The Morgan fingerprint density at radius 3 is 2.16 bits per heavy atom. The van der Waals surface area contributed by atoms with Crippen LogP contribution in [0.1, 0.15) is 56.6 Å². The molecule has 3 unspecified atom stereocenters. The monoisotopic (exact) mass is 426 g/mol. The molecule has 5 rings (SSSR count). The van der Waals surface area contributed by atoms with Gasteiger partial charge in [0.05, 0.1) is 7.11 Å². The van der Waals surface area contributed by atoms with E-state index in [1.165, 1.54) is 11.1 Å². The normalized spacial score (nSPS) is 18.8. The highest BCUT2D eigenvalue weighted by atomic mass is 16.5. The summed E-state index contributed by atoms with van der Waals surface area (Å²) in [5.74, 6) is 3.20. The van der Waals surface area contributed by atoms with Crippen LogP contribution in [0.4, 0.5) is 0 Å². The Balaban J connectivity index is 1.32. The minimum atomic E-state index is 0.258. The van der Waals surface area contributed by atoms with Gasteiger partial charge in [0, 0.05) is 23.2 Å². The van der Waals surface area contributed by atoms with Crippen molar-refractivity contribution >= 4 is 21.8 Å². The minimum absolute atomic E-state index is 0.258. The van der Waals surface area contributed by atoms with E-state index in [1.807, 2.05) is 24.5 Å². The van der Waals surface area contributed by atoms with Gasteiger partial charge in [-0.1, -0.05) is 32.9 Å². The van der Waals surface area contributed by atoms with Crippen molar-refractivity contribution in [3.05, 3.63) is 72.1 Å². The van der Waals surface area contributed by atoms with Crippen LogP contribution in [-0.2, 0) is 0 Å². The number of nitrogens with zero attached hydrogens (tertiary/aromatic N) is 2. The summed E-state index contributed by atoms with van der Waals surface area (Å²) < 4.78 is 12.1. The van der Waals surface area contributed by atoms with Crippen molar-refractivity contribution in [2.45, 2.75) is 51.6 Å². The lowest BCUT2D eigenvalue weighted by Gasteiger charge is -2.16. The molecule has 4 nitrogen and oxygen atoms in total. The molecule has 1 aliphatic carbocycles. The summed E-state index contributed by atoms with van der Waals surface area (Å²) in [4.78, 5) is 9.08. The molecule has 1 fully saturated rings. The fourth-order valence-electron chi connectivity index (χ4n) is 4.59. The van der Waals surface area contributed by atoms with E-state index >= 15 is 0 Å². The van der Waals surface area contributed by atoms with Crippen LogP contribution < -0.4 is 9.47 Å². The summed E-state index contributed by atoms with van der Waals surface area (Å²) in [5, 5.41) is 2.27. The molecule has 0 bridgehead atoms. The molecule has 164 valence electrons. The second-order valence-electron chi connectivity index (χ2n) is 9.34. The van der Waals surface area contributed by atoms with Gasteiger partial charge in [-0.25, -0.2) is 0 Å². The lowest BCUT2D eigenvalue weighted by molar-refractivity contribution is 0.281. The van der Waals surface area contributed by atoms with Gasteiger partial charge in [-0.3, -0.25) is 9.97 Å². The topological polar surface area (TPSA) is 44.2 Å². The quantitative estimate of drug-likeness (QED) is 0.323. The minimum Gasteiger partial charge on any atom is -0.494 e. The molecule has 3 atom stereocenters. The van der Waals surface area contributed by atoms with Crippen molar-refractivity contribution in [2.24, 2.45) is 5.92 Å². The molecule has 0 aliphatic heterocycles. The van der Waals surface area contributed by atoms with Crippen LogP contribution in [-0.4, -0.2) is 23.2 Å². The van der Waals surface area contributed by atoms with Crippen LogP contribution in [0.15, 0.2) is 60.9 Å². The number of hydrogen-bond acceptors (Lipinski definition) is 4. The van der Waals surface area contributed by atoms with E-state index in [9.17, 15) is 0 Å². The largest absolute Gasteiger partial charge is 0.494 e. The van der Waals surface area contributed by atoms with Gasteiger partial charge in [0.15, 0.2) is 0 Å². The lowest BCUT2D eigenvalue weighted by Crippen LogP contribution is -2.05. The van der Waals surface area contributed by atoms with Crippen LogP contribution in [0.2, 0.25) is 0 Å². The van der Waals surface area contributed by atoms with Crippen molar-refractivity contribution in [2.75, 3.05) is 7.11 Å². The Kier molecular flexibility index (Phi) is 5.46. The van der Waals surface area contributed by atoms with Gasteiger partial charge in [0.1, 0.15) is 28.6 Å². The first kappa shape index (κ1) is 20.7. The van der Waals surface area contributed by atoms with E-state index in [0.29, 0.717) is 17.8 Å². The Hall–Kier alpha value is -3.14. The molecule has 4 aromatic rings. The summed E-state index contributed by atoms with van der Waals surface area (Å²) >= 11 is 0. The zero-order chi connectivity index (χ0) is 22.2. The molecular formula is C28H30N2O2. The molecule has 0 spiro atoms. The van der Waals surface area contributed by atoms with Gasteiger partial charge in [-0.2, -0.15) is 0 Å². The maximum Gasteiger partial charge on any atom is 0.146 e. The number of hydrogen-bond donors (Lipinski definition) is 0. The Morgan fingerprint density at radius 2 is 1.50 bits per heavy atom. The molecule has 0 N–H and O–H groups in total. The molecule has 1 saturated carbocycles. The standard InChI is InChI=1S/C28H30N2O2/c1-17(2)21-12-19-7-5-10-30-28(19)26(14-21)32-24-16-23(24)11-18(3)22-13-20-8-6-9-29-27(20)25(15-22)31-4/h5-10,12-15,17-18,23-24H,11,16H2,1-4H3. The summed E-state index contributed by atoms with van der Waals surface area (Å²) in [6, 6.07) is 17.0. The Bertz CT molecular complexity index is 1270. The SMILES string of the molecule is COc1cc(C(C)CC2CC2Oc2cc(C(C)C)cc3cccnc23)cc2cccnc12. The average molecular weight is 427 g/mol. The summed E-state index contributed by atoms with van der Waals surface area (Å²) in [6.45, 7) is 6.73. The highest BCUT2D eigenvalue weighted by molar-refractivity contribution is 5.86. The fraction of sp³-hybridized carbons (Fsp3) is 0.357. The Morgan fingerprint density at radius 1 is 0.875 bits per heavy atom. The van der Waals surface area contributed by atoms with Crippen molar-refractivity contribution < 1.29 is 9.47 Å². The molecular weight excluding hydrogens is 396 g/mol. The Labute approximate surface area is 189 Å². The summed E-state index contributed by atoms with van der Waals surface area (Å²) in [7, 11) is 1.71. The second-order valence-corrected chi connectivity index (χ2v) is 9.34. The predicted molar refractivity (Wildman–Crippen MR) is 130 cm³/mol. The summed E-state index contributed by atoms with van der Waals surface area (Å²) in [5.41, 5.74) is 4.47. The zero-order valence-corrected chi connectivity index (χ0v) is 19.2. The van der Waals surface area contributed by atoms with Crippen molar-refractivity contribution in [3.63, 3.8) is 0 Å². The molecule has 4 heteroatoms. The maximum absolute atomic E-state index is 6.50. The number of fused-ring (bicyclic) bond motifs is 2. The lowest BCUT2D eigenvalue weighted by atomic mass is 9.93. The first-order valence-electron chi connectivity index (χ1n) is 11.5. The van der Waals surface area contributed by atoms with E-state index < -0.39 is 0 Å². The first-order valence-corrected chi connectivity index (χ1v) is 11.5. The zero-order valence-electron chi connectivity index (χ0n) is 19.2. The molecule has 2 aromatic heterocycles. The van der Waals surface area contributed by atoms with Crippen molar-refractivity contribution in [1.82, 2.24) is 9.97 Å². The van der Waals surface area contributed by atoms with Crippen LogP contribution in [0.25, 0.3) is 21.8 Å². The molecule has 2 heterocycles. The molecule has 32 heavy (non-hydrogen) atoms. The van der Waals surface area contributed by atoms with Gasteiger partial charge in [-0.15, -0.1) is 0 Å². The van der Waals surface area contributed by atoms with Gasteiger partial charge >= 0.3 is 0 Å². The van der Waals surface area contributed by atoms with E-state index in [1.54, 1.807) is 7.11 Å². The number of ether oxygens (including phenoxy) is 2. The third kappa shape index (κ3) is 4.02. The van der Waals surface area contributed by atoms with Gasteiger partial charge in [-0.05, 0) is 78.1 Å². The maximum atomic E-state index is 6.50. The number of benzene rings is 2. The van der Waals surface area contributed by atoms with Crippen molar-refractivity contribution in [3.8, 4) is 11.5 Å². The van der Waals surface area contributed by atoms with Gasteiger partial charge < -0.3 is 9.47 Å². The van der Waals surface area contributed by atoms with E-state index in [-0.39, 0.29) is 6.10 Å². The highest BCUT2D eigenvalue weighted by Gasteiger charge is 2.40. The van der Waals surface area contributed by atoms with Crippen LogP contribution in [0.5, 0.6) is 11.5 Å². The first-order chi connectivity index (χ1) is 15.5. The molecule has 1 aliphatic rings. The fourth-order valence-corrected chi connectivity index (χ4v) is 4.59. The number of aromatic nitrogens is 2. The number of methoxy groups -OCH3 is 1. The number of pyridine rings is 2. The van der Waals surface area contributed by atoms with Crippen LogP contribution in [0, 0.1) is 5.92 Å². The third-order valence-electron chi connectivity index (χ3n) is 6.63. The van der Waals surface area contributed by atoms with Crippen LogP contribution >= 0.6 is 0 Å². The van der Waals surface area contributed by atoms with Crippen molar-refractivity contribution in [1.29, 1.82) is 0 Å². The van der Waals surface area contributed by atoms with Gasteiger partial charge in [0.2, 0.25) is 0 Å². The third-order valence-corrected chi connectivity index (χ3v) is 6.63.